The lowest BCUT2D eigenvalue weighted by atomic mass is 10.2. The molecule has 1 aliphatic rings. The standard InChI is InChI=1S/C14H22N/c1-15(11-7-2-3-8-12-15)13-14-9-5-4-6-10-14/h4-6,9-10H,2-3,7-8,11-13H2,1H3/q+1. The quantitative estimate of drug-likeness (QED) is 0.649. The predicted octanol–water partition coefficient (Wildman–Crippen LogP) is 3.21. The molecule has 15 heavy (non-hydrogen) atoms. The number of hydrogen-bond acceptors (Lipinski definition) is 0. The minimum absolute atomic E-state index is 1.21. The number of rotatable bonds is 2. The van der Waals surface area contributed by atoms with Crippen molar-refractivity contribution in [2.24, 2.45) is 0 Å². The first-order valence-corrected chi connectivity index (χ1v) is 6.16. The molecule has 1 aliphatic heterocycles. The lowest BCUT2D eigenvalue weighted by Crippen LogP contribution is -2.43. The second-order valence-corrected chi connectivity index (χ2v) is 5.12. The van der Waals surface area contributed by atoms with E-state index in [0.29, 0.717) is 0 Å². The van der Waals surface area contributed by atoms with Crippen molar-refractivity contribution in [2.75, 3.05) is 20.1 Å². The molecule has 1 fully saturated rings. The summed E-state index contributed by atoms with van der Waals surface area (Å²) >= 11 is 0. The Labute approximate surface area is 93.3 Å². The third-order valence-corrected chi connectivity index (χ3v) is 3.55. The second-order valence-electron chi connectivity index (χ2n) is 5.12. The maximum atomic E-state index is 2.42. The summed E-state index contributed by atoms with van der Waals surface area (Å²) in [4.78, 5) is 0. The molecule has 0 aliphatic carbocycles. The average Bonchev–Trinajstić information content (AvgIpc) is 2.45. The molecule has 0 amide bonds. The van der Waals surface area contributed by atoms with Gasteiger partial charge in [-0.25, -0.2) is 0 Å². The van der Waals surface area contributed by atoms with E-state index >= 15 is 0 Å². The predicted molar refractivity (Wildman–Crippen MR) is 64.5 cm³/mol. The van der Waals surface area contributed by atoms with Crippen LogP contribution in [-0.2, 0) is 6.54 Å². The zero-order valence-corrected chi connectivity index (χ0v) is 9.78. The summed E-state index contributed by atoms with van der Waals surface area (Å²) in [5.41, 5.74) is 1.49. The van der Waals surface area contributed by atoms with Crippen molar-refractivity contribution < 1.29 is 4.48 Å². The fourth-order valence-corrected chi connectivity index (χ4v) is 2.63. The molecule has 1 saturated heterocycles. The molecule has 1 nitrogen and oxygen atoms in total. The molecule has 2 rings (SSSR count). The van der Waals surface area contributed by atoms with E-state index in [4.69, 9.17) is 0 Å². The van der Waals surface area contributed by atoms with Crippen LogP contribution in [0.15, 0.2) is 30.3 Å². The van der Waals surface area contributed by atoms with Gasteiger partial charge in [-0.1, -0.05) is 30.3 Å². The topological polar surface area (TPSA) is 0 Å². The highest BCUT2D eigenvalue weighted by atomic mass is 15.3. The average molecular weight is 204 g/mol. The molecule has 0 aromatic heterocycles. The van der Waals surface area contributed by atoms with Gasteiger partial charge in [0.1, 0.15) is 6.54 Å². The minimum atomic E-state index is 1.21. The van der Waals surface area contributed by atoms with Crippen LogP contribution >= 0.6 is 0 Å². The summed E-state index contributed by atoms with van der Waals surface area (Å²) in [6, 6.07) is 10.9. The van der Waals surface area contributed by atoms with Crippen LogP contribution in [0.2, 0.25) is 0 Å². The molecule has 0 N–H and O–H groups in total. The van der Waals surface area contributed by atoms with Crippen molar-refractivity contribution in [3.8, 4) is 0 Å². The Morgan fingerprint density at radius 2 is 1.53 bits per heavy atom. The van der Waals surface area contributed by atoms with Crippen LogP contribution in [-0.4, -0.2) is 24.6 Å². The fraction of sp³-hybridized carbons (Fsp3) is 0.571. The van der Waals surface area contributed by atoms with Crippen molar-refractivity contribution in [3.63, 3.8) is 0 Å². The number of hydrogen-bond donors (Lipinski definition) is 0. The van der Waals surface area contributed by atoms with E-state index in [9.17, 15) is 0 Å². The molecular formula is C14H22N+. The summed E-state index contributed by atoms with van der Waals surface area (Å²) in [6.07, 6.45) is 5.68. The lowest BCUT2D eigenvalue weighted by Gasteiger charge is -2.33. The Balaban J connectivity index is 2.02. The number of likely N-dealkylation sites (tertiary alicyclic amines) is 1. The SMILES string of the molecule is C[N+]1(Cc2ccccc2)CCCCCC1. The van der Waals surface area contributed by atoms with Crippen LogP contribution < -0.4 is 0 Å². The Bertz CT molecular complexity index is 283. The monoisotopic (exact) mass is 204 g/mol. The molecule has 1 aromatic carbocycles. The fourth-order valence-electron chi connectivity index (χ4n) is 2.63. The van der Waals surface area contributed by atoms with Crippen LogP contribution in [0.1, 0.15) is 31.2 Å². The van der Waals surface area contributed by atoms with Gasteiger partial charge < -0.3 is 4.48 Å². The van der Waals surface area contributed by atoms with E-state index in [1.54, 1.807) is 0 Å². The van der Waals surface area contributed by atoms with Gasteiger partial charge in [0, 0.05) is 5.56 Å². The number of nitrogens with zero attached hydrogens (tertiary/aromatic N) is 1. The van der Waals surface area contributed by atoms with Gasteiger partial charge in [-0.05, 0) is 25.7 Å². The number of quaternary nitrogens is 1. The summed E-state index contributed by atoms with van der Waals surface area (Å²) in [5.74, 6) is 0. The van der Waals surface area contributed by atoms with Crippen molar-refractivity contribution >= 4 is 0 Å². The van der Waals surface area contributed by atoms with E-state index in [2.05, 4.69) is 37.4 Å². The first-order chi connectivity index (χ1) is 7.29. The summed E-state index contributed by atoms with van der Waals surface area (Å²) in [5, 5.41) is 0. The van der Waals surface area contributed by atoms with Crippen LogP contribution in [0.5, 0.6) is 0 Å². The van der Waals surface area contributed by atoms with Crippen molar-refractivity contribution in [1.82, 2.24) is 0 Å². The second kappa shape index (κ2) is 4.80. The van der Waals surface area contributed by atoms with E-state index in [1.165, 1.54) is 55.4 Å². The molecule has 0 radical (unpaired) electrons. The highest BCUT2D eigenvalue weighted by Crippen LogP contribution is 2.19. The summed E-state index contributed by atoms with van der Waals surface area (Å²) in [6.45, 7) is 3.92. The van der Waals surface area contributed by atoms with Crippen molar-refractivity contribution in [2.45, 2.75) is 32.2 Å². The molecule has 1 heterocycles. The van der Waals surface area contributed by atoms with Gasteiger partial charge >= 0.3 is 0 Å². The third kappa shape index (κ3) is 3.07. The van der Waals surface area contributed by atoms with E-state index in [0.717, 1.165) is 0 Å². The maximum absolute atomic E-state index is 2.42. The van der Waals surface area contributed by atoms with Gasteiger partial charge in [0.15, 0.2) is 0 Å². The summed E-state index contributed by atoms with van der Waals surface area (Å²) in [7, 11) is 2.42. The van der Waals surface area contributed by atoms with Crippen LogP contribution in [0, 0.1) is 0 Å². The normalized spacial score (nSPS) is 20.9. The Morgan fingerprint density at radius 1 is 0.933 bits per heavy atom. The van der Waals surface area contributed by atoms with Gasteiger partial charge in [0.05, 0.1) is 20.1 Å². The van der Waals surface area contributed by atoms with Crippen LogP contribution in [0.3, 0.4) is 0 Å². The lowest BCUT2D eigenvalue weighted by molar-refractivity contribution is -0.921. The van der Waals surface area contributed by atoms with Gasteiger partial charge in [-0.15, -0.1) is 0 Å². The largest absolute Gasteiger partial charge is 0.322 e. The molecule has 1 heteroatoms. The van der Waals surface area contributed by atoms with E-state index < -0.39 is 0 Å². The van der Waals surface area contributed by atoms with Crippen molar-refractivity contribution in [3.05, 3.63) is 35.9 Å². The van der Waals surface area contributed by atoms with Crippen molar-refractivity contribution in [1.29, 1.82) is 0 Å². The highest BCUT2D eigenvalue weighted by molar-refractivity contribution is 5.13. The number of benzene rings is 1. The van der Waals surface area contributed by atoms with Crippen LogP contribution in [0.25, 0.3) is 0 Å². The highest BCUT2D eigenvalue weighted by Gasteiger charge is 2.23. The molecule has 1 aromatic rings. The molecule has 0 bridgehead atoms. The van der Waals surface area contributed by atoms with E-state index in [1.807, 2.05) is 0 Å². The molecule has 82 valence electrons. The zero-order chi connectivity index (χ0) is 10.6. The third-order valence-electron chi connectivity index (χ3n) is 3.55. The Hall–Kier alpha value is -0.820. The zero-order valence-electron chi connectivity index (χ0n) is 9.78. The molecular weight excluding hydrogens is 182 g/mol. The van der Waals surface area contributed by atoms with Crippen LogP contribution in [0.4, 0.5) is 0 Å². The minimum Gasteiger partial charge on any atom is -0.322 e. The van der Waals surface area contributed by atoms with E-state index in [-0.39, 0.29) is 0 Å². The van der Waals surface area contributed by atoms with Gasteiger partial charge in [0.2, 0.25) is 0 Å². The molecule has 0 spiro atoms. The maximum Gasteiger partial charge on any atom is 0.104 e. The first-order valence-electron chi connectivity index (χ1n) is 6.16. The van der Waals surface area contributed by atoms with Gasteiger partial charge in [0.25, 0.3) is 0 Å². The Kier molecular flexibility index (Phi) is 3.42. The molecule has 0 atom stereocenters. The molecule has 0 saturated carbocycles. The Morgan fingerprint density at radius 3 is 2.13 bits per heavy atom. The smallest absolute Gasteiger partial charge is 0.104 e. The van der Waals surface area contributed by atoms with Gasteiger partial charge in [-0.3, -0.25) is 0 Å². The molecule has 0 unspecified atom stereocenters. The summed E-state index contributed by atoms with van der Waals surface area (Å²) < 4.78 is 1.24. The van der Waals surface area contributed by atoms with Gasteiger partial charge in [-0.2, -0.15) is 0 Å². The first kappa shape index (κ1) is 10.7.